The van der Waals surface area contributed by atoms with Crippen LogP contribution in [0, 0.1) is 0 Å². The molecule has 66 valence electrons. The van der Waals surface area contributed by atoms with Gasteiger partial charge < -0.3 is 11.5 Å². The van der Waals surface area contributed by atoms with E-state index in [1.165, 1.54) is 11.1 Å². The molecule has 1 aromatic rings. The van der Waals surface area contributed by atoms with Crippen LogP contribution in [0.25, 0.3) is 0 Å². The molecular formula is C10H16N2. The van der Waals surface area contributed by atoms with E-state index in [9.17, 15) is 0 Å². The maximum Gasteiger partial charge on any atom is 0.0422 e. The van der Waals surface area contributed by atoms with Gasteiger partial charge in [-0.25, -0.2) is 0 Å². The Balaban J connectivity index is 2.96. The number of hydrogen-bond donors (Lipinski definition) is 2. The highest BCUT2D eigenvalue weighted by Crippen LogP contribution is 2.15. The molecule has 2 heteroatoms. The molecule has 0 aliphatic carbocycles. The van der Waals surface area contributed by atoms with Crippen molar-refractivity contribution in [2.45, 2.75) is 19.4 Å². The van der Waals surface area contributed by atoms with E-state index in [2.05, 4.69) is 19.1 Å². The molecule has 0 saturated carbocycles. The molecule has 4 N–H and O–H groups in total. The second kappa shape index (κ2) is 4.24. The zero-order valence-corrected chi connectivity index (χ0v) is 7.46. The Bertz CT molecular complexity index is 245. The summed E-state index contributed by atoms with van der Waals surface area (Å²) in [5.74, 6) is 0. The molecule has 0 spiro atoms. The number of rotatable bonds is 3. The monoisotopic (exact) mass is 164 g/mol. The Hall–Kier alpha value is -0.860. The fraction of sp³-hybridized carbons (Fsp3) is 0.400. The van der Waals surface area contributed by atoms with Crippen LogP contribution in [0.15, 0.2) is 24.3 Å². The largest absolute Gasteiger partial charge is 0.329 e. The summed E-state index contributed by atoms with van der Waals surface area (Å²) in [7, 11) is 0. The SMILES string of the molecule is CCc1ccccc1[C@H](N)CN. The van der Waals surface area contributed by atoms with Gasteiger partial charge in [-0.15, -0.1) is 0 Å². The summed E-state index contributed by atoms with van der Waals surface area (Å²) in [6.07, 6.45) is 1.02. The minimum absolute atomic E-state index is 0.0128. The minimum Gasteiger partial charge on any atom is -0.329 e. The fourth-order valence-electron chi connectivity index (χ4n) is 1.34. The molecule has 1 rings (SSSR count). The highest BCUT2D eigenvalue weighted by molar-refractivity contribution is 5.29. The number of nitrogens with two attached hydrogens (primary N) is 2. The Labute approximate surface area is 73.6 Å². The summed E-state index contributed by atoms with van der Waals surface area (Å²) in [5.41, 5.74) is 13.8. The van der Waals surface area contributed by atoms with E-state index >= 15 is 0 Å². The van der Waals surface area contributed by atoms with Gasteiger partial charge in [0.1, 0.15) is 0 Å². The lowest BCUT2D eigenvalue weighted by Crippen LogP contribution is -2.21. The van der Waals surface area contributed by atoms with Gasteiger partial charge in [0.2, 0.25) is 0 Å². The van der Waals surface area contributed by atoms with Crippen molar-refractivity contribution in [1.29, 1.82) is 0 Å². The minimum atomic E-state index is -0.0128. The molecule has 0 fully saturated rings. The molecule has 0 unspecified atom stereocenters. The first-order valence-electron chi connectivity index (χ1n) is 4.33. The lowest BCUT2D eigenvalue weighted by Gasteiger charge is -2.13. The predicted octanol–water partition coefficient (Wildman–Crippen LogP) is 1.21. The lowest BCUT2D eigenvalue weighted by atomic mass is 9.99. The Kier molecular flexibility index (Phi) is 3.26. The zero-order chi connectivity index (χ0) is 8.97. The first kappa shape index (κ1) is 9.23. The first-order valence-corrected chi connectivity index (χ1v) is 4.33. The number of benzene rings is 1. The summed E-state index contributed by atoms with van der Waals surface area (Å²) >= 11 is 0. The van der Waals surface area contributed by atoms with Crippen molar-refractivity contribution in [3.8, 4) is 0 Å². The third-order valence-electron chi connectivity index (χ3n) is 2.09. The van der Waals surface area contributed by atoms with Crippen molar-refractivity contribution in [2.24, 2.45) is 11.5 Å². The summed E-state index contributed by atoms with van der Waals surface area (Å²) in [6.45, 7) is 2.64. The quantitative estimate of drug-likeness (QED) is 0.705. The second-order valence-electron chi connectivity index (χ2n) is 2.89. The molecule has 2 nitrogen and oxygen atoms in total. The number of hydrogen-bond acceptors (Lipinski definition) is 2. The van der Waals surface area contributed by atoms with E-state index in [-0.39, 0.29) is 6.04 Å². The summed E-state index contributed by atoms with van der Waals surface area (Å²) in [6, 6.07) is 8.18. The van der Waals surface area contributed by atoms with Crippen molar-refractivity contribution in [3.63, 3.8) is 0 Å². The smallest absolute Gasteiger partial charge is 0.0422 e. The molecule has 0 bridgehead atoms. The van der Waals surface area contributed by atoms with Crippen LogP contribution in [0.2, 0.25) is 0 Å². The molecule has 0 amide bonds. The predicted molar refractivity (Wildman–Crippen MR) is 51.8 cm³/mol. The summed E-state index contributed by atoms with van der Waals surface area (Å²) in [4.78, 5) is 0. The first-order chi connectivity index (χ1) is 5.79. The molecular weight excluding hydrogens is 148 g/mol. The molecule has 0 aromatic heterocycles. The van der Waals surface area contributed by atoms with Crippen molar-refractivity contribution in [2.75, 3.05) is 6.54 Å². The van der Waals surface area contributed by atoms with Crippen LogP contribution in [0.1, 0.15) is 24.1 Å². The van der Waals surface area contributed by atoms with Crippen molar-refractivity contribution >= 4 is 0 Å². The standard InChI is InChI=1S/C10H16N2/c1-2-8-5-3-4-6-9(8)10(12)7-11/h3-6,10H,2,7,11-12H2,1H3/t10-/m1/s1. The zero-order valence-electron chi connectivity index (χ0n) is 7.46. The highest BCUT2D eigenvalue weighted by atomic mass is 14.7. The van der Waals surface area contributed by atoms with Gasteiger partial charge in [-0.2, -0.15) is 0 Å². The van der Waals surface area contributed by atoms with Gasteiger partial charge in [0.15, 0.2) is 0 Å². The average Bonchev–Trinajstić information content (AvgIpc) is 2.16. The summed E-state index contributed by atoms with van der Waals surface area (Å²) in [5, 5.41) is 0. The topological polar surface area (TPSA) is 52.0 Å². The van der Waals surface area contributed by atoms with E-state index in [0.717, 1.165) is 6.42 Å². The maximum absolute atomic E-state index is 5.85. The summed E-state index contributed by atoms with van der Waals surface area (Å²) < 4.78 is 0. The van der Waals surface area contributed by atoms with Gasteiger partial charge in [0.25, 0.3) is 0 Å². The van der Waals surface area contributed by atoms with Crippen molar-refractivity contribution in [3.05, 3.63) is 35.4 Å². The molecule has 0 aliphatic rings. The normalized spacial score (nSPS) is 12.9. The van der Waals surface area contributed by atoms with E-state index in [0.29, 0.717) is 6.54 Å². The van der Waals surface area contributed by atoms with Gasteiger partial charge in [-0.3, -0.25) is 0 Å². The van der Waals surface area contributed by atoms with Crippen LogP contribution in [0.4, 0.5) is 0 Å². The molecule has 0 saturated heterocycles. The van der Waals surface area contributed by atoms with E-state index in [1.54, 1.807) is 0 Å². The van der Waals surface area contributed by atoms with Gasteiger partial charge >= 0.3 is 0 Å². The van der Waals surface area contributed by atoms with Crippen LogP contribution in [0.5, 0.6) is 0 Å². The van der Waals surface area contributed by atoms with E-state index in [4.69, 9.17) is 11.5 Å². The van der Waals surface area contributed by atoms with E-state index < -0.39 is 0 Å². The van der Waals surface area contributed by atoms with Crippen molar-refractivity contribution in [1.82, 2.24) is 0 Å². The molecule has 12 heavy (non-hydrogen) atoms. The van der Waals surface area contributed by atoms with E-state index in [1.807, 2.05) is 12.1 Å². The van der Waals surface area contributed by atoms with Gasteiger partial charge in [-0.1, -0.05) is 31.2 Å². The van der Waals surface area contributed by atoms with Crippen LogP contribution in [0.3, 0.4) is 0 Å². The van der Waals surface area contributed by atoms with Crippen LogP contribution in [-0.4, -0.2) is 6.54 Å². The third-order valence-corrected chi connectivity index (χ3v) is 2.09. The molecule has 0 radical (unpaired) electrons. The van der Waals surface area contributed by atoms with Crippen LogP contribution >= 0.6 is 0 Å². The maximum atomic E-state index is 5.85. The van der Waals surface area contributed by atoms with Gasteiger partial charge in [0, 0.05) is 12.6 Å². The van der Waals surface area contributed by atoms with Gasteiger partial charge in [0.05, 0.1) is 0 Å². The average molecular weight is 164 g/mol. The second-order valence-corrected chi connectivity index (χ2v) is 2.89. The van der Waals surface area contributed by atoms with Crippen molar-refractivity contribution < 1.29 is 0 Å². The van der Waals surface area contributed by atoms with Crippen LogP contribution in [-0.2, 0) is 6.42 Å². The molecule has 1 aromatic carbocycles. The number of aryl methyl sites for hydroxylation is 1. The van der Waals surface area contributed by atoms with Gasteiger partial charge in [-0.05, 0) is 17.5 Å². The van der Waals surface area contributed by atoms with Crippen LogP contribution < -0.4 is 11.5 Å². The Morgan fingerprint density at radius 1 is 1.33 bits per heavy atom. The molecule has 1 atom stereocenters. The Morgan fingerprint density at radius 2 is 2.00 bits per heavy atom. The molecule has 0 aliphatic heterocycles. The fourth-order valence-corrected chi connectivity index (χ4v) is 1.34. The lowest BCUT2D eigenvalue weighted by molar-refractivity contribution is 0.727. The third kappa shape index (κ3) is 1.84. The molecule has 0 heterocycles. The Morgan fingerprint density at radius 3 is 2.58 bits per heavy atom. The highest BCUT2D eigenvalue weighted by Gasteiger charge is 2.06.